The van der Waals surface area contributed by atoms with Gasteiger partial charge in [0.1, 0.15) is 5.76 Å². The third kappa shape index (κ3) is 5.01. The number of esters is 1. The highest BCUT2D eigenvalue weighted by molar-refractivity contribution is 7.13. The van der Waals surface area contributed by atoms with E-state index in [9.17, 15) is 9.59 Å². The molecule has 1 amide bonds. The van der Waals surface area contributed by atoms with E-state index in [1.807, 2.05) is 30.3 Å². The SMILES string of the molecule is CCOC(=O)Cc1csc(NC(=O)Cc2nc(-c3ccccc3)oc2C)n1. The van der Waals surface area contributed by atoms with Crippen LogP contribution in [0.4, 0.5) is 5.13 Å². The van der Waals surface area contributed by atoms with Gasteiger partial charge in [-0.25, -0.2) is 9.97 Å². The molecule has 27 heavy (non-hydrogen) atoms. The van der Waals surface area contributed by atoms with Crippen molar-refractivity contribution in [1.29, 1.82) is 0 Å². The Morgan fingerprint density at radius 1 is 1.19 bits per heavy atom. The first-order valence-electron chi connectivity index (χ1n) is 8.46. The summed E-state index contributed by atoms with van der Waals surface area (Å²) < 4.78 is 10.6. The number of ether oxygens (including phenoxy) is 1. The van der Waals surface area contributed by atoms with E-state index in [1.54, 1.807) is 19.2 Å². The lowest BCUT2D eigenvalue weighted by molar-refractivity contribution is -0.142. The van der Waals surface area contributed by atoms with Gasteiger partial charge in [0.25, 0.3) is 0 Å². The number of oxazole rings is 1. The number of thiazole rings is 1. The summed E-state index contributed by atoms with van der Waals surface area (Å²) in [6, 6.07) is 9.51. The fourth-order valence-corrected chi connectivity index (χ4v) is 3.14. The summed E-state index contributed by atoms with van der Waals surface area (Å²) in [5.41, 5.74) is 2.00. The summed E-state index contributed by atoms with van der Waals surface area (Å²) in [5.74, 6) is 0.503. The van der Waals surface area contributed by atoms with Gasteiger partial charge in [0.2, 0.25) is 11.8 Å². The number of nitrogens with one attached hydrogen (secondary N) is 1. The highest BCUT2D eigenvalue weighted by atomic mass is 32.1. The van der Waals surface area contributed by atoms with Gasteiger partial charge in [-0.2, -0.15) is 0 Å². The number of rotatable bonds is 7. The smallest absolute Gasteiger partial charge is 0.311 e. The van der Waals surface area contributed by atoms with Crippen molar-refractivity contribution in [2.75, 3.05) is 11.9 Å². The summed E-state index contributed by atoms with van der Waals surface area (Å²) in [5, 5.41) is 4.88. The summed E-state index contributed by atoms with van der Waals surface area (Å²) in [4.78, 5) is 32.4. The van der Waals surface area contributed by atoms with Crippen LogP contribution in [0.1, 0.15) is 24.1 Å². The molecule has 2 heterocycles. The largest absolute Gasteiger partial charge is 0.466 e. The number of benzene rings is 1. The highest BCUT2D eigenvalue weighted by Crippen LogP contribution is 2.22. The molecule has 0 atom stereocenters. The van der Waals surface area contributed by atoms with Crippen molar-refractivity contribution in [3.05, 3.63) is 52.9 Å². The van der Waals surface area contributed by atoms with E-state index in [0.717, 1.165) is 5.56 Å². The zero-order valence-corrected chi connectivity index (χ0v) is 15.8. The van der Waals surface area contributed by atoms with Gasteiger partial charge in [-0.3, -0.25) is 9.59 Å². The van der Waals surface area contributed by atoms with Gasteiger partial charge in [-0.1, -0.05) is 18.2 Å². The Hall–Kier alpha value is -3.00. The lowest BCUT2D eigenvalue weighted by Gasteiger charge is -2.00. The van der Waals surface area contributed by atoms with Crippen LogP contribution in [0.25, 0.3) is 11.5 Å². The molecule has 3 aromatic rings. The molecule has 0 saturated heterocycles. The zero-order chi connectivity index (χ0) is 19.2. The molecular formula is C19H19N3O4S. The minimum atomic E-state index is -0.340. The van der Waals surface area contributed by atoms with Crippen molar-refractivity contribution < 1.29 is 18.7 Å². The number of anilines is 1. The summed E-state index contributed by atoms with van der Waals surface area (Å²) in [6.45, 7) is 3.86. The molecule has 7 nitrogen and oxygen atoms in total. The molecule has 2 aromatic heterocycles. The molecule has 0 aliphatic heterocycles. The van der Waals surface area contributed by atoms with Crippen molar-refractivity contribution in [3.8, 4) is 11.5 Å². The molecule has 0 fully saturated rings. The monoisotopic (exact) mass is 385 g/mol. The number of hydrogen-bond acceptors (Lipinski definition) is 7. The van der Waals surface area contributed by atoms with Gasteiger partial charge in [0, 0.05) is 10.9 Å². The van der Waals surface area contributed by atoms with Crippen molar-refractivity contribution >= 4 is 28.3 Å². The van der Waals surface area contributed by atoms with Crippen LogP contribution in [-0.4, -0.2) is 28.5 Å². The molecule has 0 spiro atoms. The van der Waals surface area contributed by atoms with Crippen LogP contribution in [0, 0.1) is 6.92 Å². The van der Waals surface area contributed by atoms with Gasteiger partial charge >= 0.3 is 5.97 Å². The number of carbonyl (C=O) groups excluding carboxylic acids is 2. The number of carbonyl (C=O) groups is 2. The fraction of sp³-hybridized carbons (Fsp3) is 0.263. The van der Waals surface area contributed by atoms with Crippen molar-refractivity contribution in [1.82, 2.24) is 9.97 Å². The summed E-state index contributed by atoms with van der Waals surface area (Å²) in [6.07, 6.45) is 0.165. The van der Waals surface area contributed by atoms with Crippen LogP contribution in [-0.2, 0) is 27.2 Å². The molecule has 0 saturated carbocycles. The van der Waals surface area contributed by atoms with Crippen molar-refractivity contribution in [2.45, 2.75) is 26.7 Å². The third-order valence-corrected chi connectivity index (χ3v) is 4.48. The molecule has 0 aliphatic carbocycles. The lowest BCUT2D eigenvalue weighted by atomic mass is 10.2. The molecule has 0 unspecified atom stereocenters. The van der Waals surface area contributed by atoms with Gasteiger partial charge in [-0.15, -0.1) is 11.3 Å². The van der Waals surface area contributed by atoms with Gasteiger partial charge in [0.15, 0.2) is 5.13 Å². The Kier molecular flexibility index (Phi) is 5.97. The normalized spacial score (nSPS) is 10.6. The van der Waals surface area contributed by atoms with Gasteiger partial charge in [0.05, 0.1) is 30.8 Å². The van der Waals surface area contributed by atoms with E-state index in [2.05, 4.69) is 15.3 Å². The molecule has 3 rings (SSSR count). The number of aryl methyl sites for hydroxylation is 1. The van der Waals surface area contributed by atoms with Gasteiger partial charge in [-0.05, 0) is 26.0 Å². The molecule has 0 aliphatic rings. The second-order valence-corrected chi connectivity index (χ2v) is 6.60. The summed E-state index contributed by atoms with van der Waals surface area (Å²) >= 11 is 1.26. The average molecular weight is 385 g/mol. The number of hydrogen-bond donors (Lipinski definition) is 1. The Morgan fingerprint density at radius 3 is 2.70 bits per heavy atom. The highest BCUT2D eigenvalue weighted by Gasteiger charge is 2.16. The minimum absolute atomic E-state index is 0.0783. The van der Waals surface area contributed by atoms with E-state index < -0.39 is 0 Å². The van der Waals surface area contributed by atoms with E-state index in [-0.39, 0.29) is 24.7 Å². The second kappa shape index (κ2) is 8.59. The maximum atomic E-state index is 12.3. The Morgan fingerprint density at radius 2 is 1.96 bits per heavy atom. The molecule has 1 aromatic carbocycles. The Balaban J connectivity index is 1.61. The van der Waals surface area contributed by atoms with Crippen molar-refractivity contribution in [3.63, 3.8) is 0 Å². The van der Waals surface area contributed by atoms with Crippen molar-refractivity contribution in [2.24, 2.45) is 0 Å². The van der Waals surface area contributed by atoms with Crippen LogP contribution in [0.3, 0.4) is 0 Å². The second-order valence-electron chi connectivity index (χ2n) is 5.74. The third-order valence-electron chi connectivity index (χ3n) is 3.67. The molecular weight excluding hydrogens is 366 g/mol. The van der Waals surface area contributed by atoms with E-state index in [4.69, 9.17) is 9.15 Å². The standard InChI is InChI=1S/C19H19N3O4S/c1-3-25-17(24)9-14-11-27-19(20-14)22-16(23)10-15-12(2)26-18(21-15)13-7-5-4-6-8-13/h4-8,11H,3,9-10H2,1-2H3,(H,20,22,23). The number of amides is 1. The minimum Gasteiger partial charge on any atom is -0.466 e. The Bertz CT molecular complexity index is 934. The summed E-state index contributed by atoms with van der Waals surface area (Å²) in [7, 11) is 0. The van der Waals surface area contributed by atoms with Crippen LogP contribution >= 0.6 is 11.3 Å². The van der Waals surface area contributed by atoms with Crippen LogP contribution in [0.15, 0.2) is 40.1 Å². The van der Waals surface area contributed by atoms with Crippen LogP contribution in [0.5, 0.6) is 0 Å². The van der Waals surface area contributed by atoms with E-state index >= 15 is 0 Å². The van der Waals surface area contributed by atoms with Crippen LogP contribution in [0.2, 0.25) is 0 Å². The predicted octanol–water partition coefficient (Wildman–Crippen LogP) is 3.39. The molecule has 0 bridgehead atoms. The van der Waals surface area contributed by atoms with Crippen LogP contribution < -0.4 is 5.32 Å². The Labute approximate surface area is 160 Å². The quantitative estimate of drug-likeness (QED) is 0.627. The topological polar surface area (TPSA) is 94.3 Å². The molecule has 8 heteroatoms. The fourth-order valence-electron chi connectivity index (χ4n) is 2.42. The zero-order valence-electron chi connectivity index (χ0n) is 15.0. The lowest BCUT2D eigenvalue weighted by Crippen LogP contribution is -2.15. The average Bonchev–Trinajstić information content (AvgIpc) is 3.22. The van der Waals surface area contributed by atoms with Gasteiger partial charge < -0.3 is 14.5 Å². The number of nitrogens with zero attached hydrogens (tertiary/aromatic N) is 2. The molecule has 1 N–H and O–H groups in total. The maximum absolute atomic E-state index is 12.3. The molecule has 140 valence electrons. The van der Waals surface area contributed by atoms with E-state index in [0.29, 0.717) is 34.8 Å². The number of aromatic nitrogens is 2. The predicted molar refractivity (Wildman–Crippen MR) is 101 cm³/mol. The first-order valence-corrected chi connectivity index (χ1v) is 9.34. The first kappa shape index (κ1) is 18.8. The first-order chi connectivity index (χ1) is 13.0. The molecule has 0 radical (unpaired) electrons. The maximum Gasteiger partial charge on any atom is 0.311 e. The van der Waals surface area contributed by atoms with E-state index in [1.165, 1.54) is 11.3 Å².